The van der Waals surface area contributed by atoms with Crippen LogP contribution in [0.5, 0.6) is 0 Å². The van der Waals surface area contributed by atoms with Crippen molar-refractivity contribution in [3.63, 3.8) is 0 Å². The molecule has 0 saturated carbocycles. The largest absolute Gasteiger partial charge is 0.352 e. The predicted molar refractivity (Wildman–Crippen MR) is 101 cm³/mol. The summed E-state index contributed by atoms with van der Waals surface area (Å²) in [7, 11) is -3.79. The van der Waals surface area contributed by atoms with Crippen LogP contribution >= 0.6 is 0 Å². The van der Waals surface area contributed by atoms with Crippen LogP contribution in [-0.2, 0) is 14.8 Å². The van der Waals surface area contributed by atoms with E-state index in [1.807, 2.05) is 52.0 Å². The minimum absolute atomic E-state index is 0.000997. The van der Waals surface area contributed by atoms with Crippen LogP contribution in [-0.4, -0.2) is 26.4 Å². The molecule has 2 atom stereocenters. The zero-order valence-electron chi connectivity index (χ0n) is 15.1. The van der Waals surface area contributed by atoms with Gasteiger partial charge >= 0.3 is 0 Å². The van der Waals surface area contributed by atoms with Crippen LogP contribution in [0.25, 0.3) is 10.8 Å². The Hall–Kier alpha value is -1.92. The lowest BCUT2D eigenvalue weighted by molar-refractivity contribution is -0.124. The molecule has 6 heteroatoms. The maximum Gasteiger partial charge on any atom is 0.241 e. The van der Waals surface area contributed by atoms with E-state index < -0.39 is 16.1 Å². The van der Waals surface area contributed by atoms with Gasteiger partial charge in [0.15, 0.2) is 0 Å². The molecule has 0 saturated heterocycles. The highest BCUT2D eigenvalue weighted by Crippen LogP contribution is 2.19. The molecule has 136 valence electrons. The molecule has 5 nitrogen and oxygen atoms in total. The second-order valence-corrected chi connectivity index (χ2v) is 8.38. The van der Waals surface area contributed by atoms with Gasteiger partial charge < -0.3 is 5.32 Å². The molecule has 2 aromatic rings. The van der Waals surface area contributed by atoms with Gasteiger partial charge in [-0.1, -0.05) is 51.1 Å². The fraction of sp³-hybridized carbons (Fsp3) is 0.421. The summed E-state index contributed by atoms with van der Waals surface area (Å²) in [5, 5.41) is 4.66. The van der Waals surface area contributed by atoms with Gasteiger partial charge in [-0.3, -0.25) is 4.79 Å². The lowest BCUT2D eigenvalue weighted by Crippen LogP contribution is -2.51. The highest BCUT2D eigenvalue weighted by molar-refractivity contribution is 7.89. The normalized spacial score (nSPS) is 14.4. The fourth-order valence-corrected chi connectivity index (χ4v) is 3.88. The van der Waals surface area contributed by atoms with E-state index in [1.165, 1.54) is 0 Å². The van der Waals surface area contributed by atoms with Crippen molar-refractivity contribution in [1.82, 2.24) is 10.0 Å². The number of hydrogen-bond acceptors (Lipinski definition) is 3. The molecule has 0 aliphatic carbocycles. The first-order valence-corrected chi connectivity index (χ1v) is 10.0. The summed E-state index contributed by atoms with van der Waals surface area (Å²) in [6.07, 6.45) is 0.786. The average molecular weight is 362 g/mol. The molecular weight excluding hydrogens is 336 g/mol. The van der Waals surface area contributed by atoms with E-state index >= 15 is 0 Å². The van der Waals surface area contributed by atoms with Crippen molar-refractivity contribution in [3.8, 4) is 0 Å². The number of rotatable bonds is 7. The second-order valence-electron chi connectivity index (χ2n) is 6.67. The topological polar surface area (TPSA) is 75.3 Å². The Bertz CT molecular complexity index is 847. The number of hydrogen-bond donors (Lipinski definition) is 2. The smallest absolute Gasteiger partial charge is 0.241 e. The number of fused-ring (bicyclic) bond motifs is 1. The van der Waals surface area contributed by atoms with Gasteiger partial charge in [0.1, 0.15) is 6.04 Å². The summed E-state index contributed by atoms with van der Waals surface area (Å²) in [6.45, 7) is 7.51. The van der Waals surface area contributed by atoms with Gasteiger partial charge in [0.25, 0.3) is 0 Å². The van der Waals surface area contributed by atoms with Crippen molar-refractivity contribution >= 4 is 26.7 Å². The van der Waals surface area contributed by atoms with Crippen molar-refractivity contribution in [2.45, 2.75) is 51.1 Å². The van der Waals surface area contributed by atoms with E-state index in [0.29, 0.717) is 0 Å². The maximum absolute atomic E-state index is 12.8. The average Bonchev–Trinajstić information content (AvgIpc) is 2.58. The molecule has 1 amide bonds. The van der Waals surface area contributed by atoms with Gasteiger partial charge in [-0.2, -0.15) is 4.72 Å². The number of carbonyl (C=O) groups is 1. The highest BCUT2D eigenvalue weighted by atomic mass is 32.2. The van der Waals surface area contributed by atoms with Crippen LogP contribution in [0.15, 0.2) is 47.4 Å². The quantitative estimate of drug-likeness (QED) is 0.795. The molecule has 0 radical (unpaired) electrons. The lowest BCUT2D eigenvalue weighted by Gasteiger charge is -2.23. The minimum Gasteiger partial charge on any atom is -0.352 e. The summed E-state index contributed by atoms with van der Waals surface area (Å²) in [4.78, 5) is 12.6. The zero-order chi connectivity index (χ0) is 18.6. The van der Waals surface area contributed by atoms with Gasteiger partial charge in [0, 0.05) is 6.04 Å². The summed E-state index contributed by atoms with van der Waals surface area (Å²) in [5.41, 5.74) is 0. The summed E-state index contributed by atoms with van der Waals surface area (Å²) in [6, 6.07) is 11.7. The number of benzene rings is 2. The van der Waals surface area contributed by atoms with Crippen LogP contribution in [0.4, 0.5) is 0 Å². The zero-order valence-corrected chi connectivity index (χ0v) is 15.9. The van der Waals surface area contributed by atoms with Gasteiger partial charge in [-0.05, 0) is 42.2 Å². The number of nitrogens with one attached hydrogen (secondary N) is 2. The first-order valence-electron chi connectivity index (χ1n) is 8.56. The Kier molecular flexibility index (Phi) is 6.19. The molecule has 2 N–H and O–H groups in total. The maximum atomic E-state index is 12.8. The molecule has 2 unspecified atom stereocenters. The standard InChI is InChI=1S/C19H26N2O3S/c1-5-14(4)20-19(22)18(13(2)3)21-25(23,24)17-11-10-15-8-6-7-9-16(15)12-17/h6-14,18,21H,5H2,1-4H3,(H,20,22). The van der Waals surface area contributed by atoms with E-state index in [4.69, 9.17) is 0 Å². The van der Waals surface area contributed by atoms with Crippen molar-refractivity contribution < 1.29 is 13.2 Å². The van der Waals surface area contributed by atoms with Crippen LogP contribution in [0.1, 0.15) is 34.1 Å². The van der Waals surface area contributed by atoms with Gasteiger partial charge in [-0.25, -0.2) is 8.42 Å². The molecule has 2 rings (SSSR count). The first-order chi connectivity index (χ1) is 11.7. The van der Waals surface area contributed by atoms with Crippen molar-refractivity contribution in [3.05, 3.63) is 42.5 Å². The Morgan fingerprint density at radius 2 is 1.68 bits per heavy atom. The fourth-order valence-electron chi connectivity index (χ4n) is 2.50. The highest BCUT2D eigenvalue weighted by Gasteiger charge is 2.29. The van der Waals surface area contributed by atoms with Crippen LogP contribution in [0.2, 0.25) is 0 Å². The van der Waals surface area contributed by atoms with E-state index in [1.54, 1.807) is 18.2 Å². The summed E-state index contributed by atoms with van der Waals surface area (Å²) in [5.74, 6) is -0.465. The Balaban J connectivity index is 2.28. The second kappa shape index (κ2) is 7.97. The van der Waals surface area contributed by atoms with E-state index in [2.05, 4.69) is 10.0 Å². The van der Waals surface area contributed by atoms with E-state index in [-0.39, 0.29) is 22.8 Å². The van der Waals surface area contributed by atoms with Crippen molar-refractivity contribution in [1.29, 1.82) is 0 Å². The van der Waals surface area contributed by atoms with E-state index in [9.17, 15) is 13.2 Å². The van der Waals surface area contributed by atoms with Crippen LogP contribution in [0.3, 0.4) is 0 Å². The Morgan fingerprint density at radius 1 is 1.04 bits per heavy atom. The van der Waals surface area contributed by atoms with Crippen molar-refractivity contribution in [2.75, 3.05) is 0 Å². The third kappa shape index (κ3) is 4.80. The Morgan fingerprint density at radius 3 is 2.28 bits per heavy atom. The lowest BCUT2D eigenvalue weighted by atomic mass is 10.0. The van der Waals surface area contributed by atoms with Crippen LogP contribution in [0, 0.1) is 5.92 Å². The molecule has 0 spiro atoms. The molecule has 0 aromatic heterocycles. The predicted octanol–water partition coefficient (Wildman–Crippen LogP) is 3.06. The van der Waals surface area contributed by atoms with Gasteiger partial charge in [-0.15, -0.1) is 0 Å². The number of carbonyl (C=O) groups excluding carboxylic acids is 1. The molecule has 0 fully saturated rings. The van der Waals surface area contributed by atoms with Crippen LogP contribution < -0.4 is 10.0 Å². The molecule has 2 aromatic carbocycles. The third-order valence-electron chi connectivity index (χ3n) is 4.26. The monoisotopic (exact) mass is 362 g/mol. The first kappa shape index (κ1) is 19.4. The van der Waals surface area contributed by atoms with Crippen molar-refractivity contribution in [2.24, 2.45) is 5.92 Å². The minimum atomic E-state index is -3.79. The number of sulfonamides is 1. The summed E-state index contributed by atoms with van der Waals surface area (Å²) < 4.78 is 28.1. The summed E-state index contributed by atoms with van der Waals surface area (Å²) >= 11 is 0. The Labute approximate surface area is 149 Å². The van der Waals surface area contributed by atoms with Gasteiger partial charge in [0.05, 0.1) is 4.90 Å². The molecule has 0 bridgehead atoms. The van der Waals surface area contributed by atoms with Gasteiger partial charge in [0.2, 0.25) is 15.9 Å². The number of amides is 1. The molecular formula is C19H26N2O3S. The molecule has 0 heterocycles. The third-order valence-corrected chi connectivity index (χ3v) is 5.70. The SMILES string of the molecule is CCC(C)NC(=O)C(NS(=O)(=O)c1ccc2ccccc2c1)C(C)C. The molecule has 25 heavy (non-hydrogen) atoms. The van der Waals surface area contributed by atoms with E-state index in [0.717, 1.165) is 17.2 Å². The molecule has 0 aliphatic heterocycles. The molecule has 0 aliphatic rings.